The Morgan fingerprint density at radius 1 is 1.60 bits per heavy atom. The Hall–Kier alpha value is -2.23. The van der Waals surface area contributed by atoms with Gasteiger partial charge in [-0.1, -0.05) is 13.0 Å². The van der Waals surface area contributed by atoms with Gasteiger partial charge in [-0.2, -0.15) is 5.26 Å². The van der Waals surface area contributed by atoms with E-state index in [0.717, 1.165) is 35.3 Å². The lowest BCUT2D eigenvalue weighted by Gasteiger charge is -2.19. The zero-order valence-electron chi connectivity index (χ0n) is 14.2. The standard InChI is InChI=1S/C19H21N3O2S/c1-12(14-3-2-6-21-10-14)7-18(24)22-19-16(9-20)15-5-4-13(11-23)8-17(15)25-19/h2-3,6,10,12-13,23H,4-5,7-8,11H2,1H3,(H,22,24). The van der Waals surface area contributed by atoms with Crippen LogP contribution in [0.25, 0.3) is 0 Å². The summed E-state index contributed by atoms with van der Waals surface area (Å²) in [5, 5.41) is 22.4. The molecule has 2 atom stereocenters. The van der Waals surface area contributed by atoms with Crippen molar-refractivity contribution in [3.8, 4) is 6.07 Å². The largest absolute Gasteiger partial charge is 0.396 e. The van der Waals surface area contributed by atoms with Gasteiger partial charge in [0.25, 0.3) is 0 Å². The first-order valence-corrected chi connectivity index (χ1v) is 9.29. The molecule has 0 fully saturated rings. The summed E-state index contributed by atoms with van der Waals surface area (Å²) in [6.07, 6.45) is 6.30. The molecule has 0 saturated heterocycles. The number of rotatable bonds is 5. The summed E-state index contributed by atoms with van der Waals surface area (Å²) >= 11 is 1.48. The average molecular weight is 355 g/mol. The van der Waals surface area contributed by atoms with E-state index in [9.17, 15) is 15.2 Å². The lowest BCUT2D eigenvalue weighted by atomic mass is 9.88. The third kappa shape index (κ3) is 3.89. The summed E-state index contributed by atoms with van der Waals surface area (Å²) in [4.78, 5) is 17.6. The molecule has 1 aliphatic rings. The average Bonchev–Trinajstić information content (AvgIpc) is 2.97. The number of aliphatic hydroxyl groups is 1. The van der Waals surface area contributed by atoms with Gasteiger partial charge in [-0.3, -0.25) is 9.78 Å². The van der Waals surface area contributed by atoms with Crippen molar-refractivity contribution in [1.82, 2.24) is 4.98 Å². The second kappa shape index (κ2) is 7.77. The molecule has 0 radical (unpaired) electrons. The zero-order valence-corrected chi connectivity index (χ0v) is 15.0. The van der Waals surface area contributed by atoms with Gasteiger partial charge >= 0.3 is 0 Å². The highest BCUT2D eigenvalue weighted by Crippen LogP contribution is 2.39. The molecule has 0 aliphatic heterocycles. The van der Waals surface area contributed by atoms with Crippen LogP contribution in [0.3, 0.4) is 0 Å². The summed E-state index contributed by atoms with van der Waals surface area (Å²) in [6.45, 7) is 2.16. The molecule has 5 nitrogen and oxygen atoms in total. The van der Waals surface area contributed by atoms with Crippen LogP contribution in [-0.2, 0) is 17.6 Å². The molecular weight excluding hydrogens is 334 g/mol. The van der Waals surface area contributed by atoms with Crippen molar-refractivity contribution in [3.05, 3.63) is 46.1 Å². The maximum atomic E-state index is 12.4. The molecule has 1 amide bonds. The monoisotopic (exact) mass is 355 g/mol. The Morgan fingerprint density at radius 2 is 2.44 bits per heavy atom. The topological polar surface area (TPSA) is 86.0 Å². The number of anilines is 1. The van der Waals surface area contributed by atoms with Gasteiger partial charge in [0.15, 0.2) is 0 Å². The lowest BCUT2D eigenvalue weighted by Crippen LogP contribution is -2.16. The van der Waals surface area contributed by atoms with Crippen LogP contribution in [0.4, 0.5) is 5.00 Å². The molecule has 1 aliphatic carbocycles. The van der Waals surface area contributed by atoms with Gasteiger partial charge < -0.3 is 10.4 Å². The third-order valence-corrected chi connectivity index (χ3v) is 5.91. The maximum absolute atomic E-state index is 12.4. The molecule has 130 valence electrons. The van der Waals surface area contributed by atoms with Crippen LogP contribution in [0.5, 0.6) is 0 Å². The molecule has 0 bridgehead atoms. The summed E-state index contributed by atoms with van der Waals surface area (Å²) in [7, 11) is 0. The number of pyridine rings is 1. The van der Waals surface area contributed by atoms with Gasteiger partial charge in [-0.15, -0.1) is 11.3 Å². The molecule has 0 saturated carbocycles. The van der Waals surface area contributed by atoms with Gasteiger partial charge in [0.05, 0.1) is 5.56 Å². The Labute approximate surface area is 151 Å². The molecule has 3 rings (SSSR count). The van der Waals surface area contributed by atoms with Crippen LogP contribution in [0, 0.1) is 17.2 Å². The summed E-state index contributed by atoms with van der Waals surface area (Å²) in [5.41, 5.74) is 2.67. The van der Waals surface area contributed by atoms with Gasteiger partial charge in [-0.25, -0.2) is 0 Å². The number of nitrogens with zero attached hydrogens (tertiary/aromatic N) is 2. The number of aliphatic hydroxyl groups excluding tert-OH is 1. The van der Waals surface area contributed by atoms with Gasteiger partial charge in [-0.05, 0) is 48.3 Å². The molecule has 2 unspecified atom stereocenters. The fourth-order valence-corrected chi connectivity index (χ4v) is 4.59. The minimum Gasteiger partial charge on any atom is -0.396 e. The minimum absolute atomic E-state index is 0.0626. The van der Waals surface area contributed by atoms with E-state index in [-0.39, 0.29) is 24.3 Å². The molecule has 0 spiro atoms. The number of carbonyl (C=O) groups is 1. The molecule has 2 aromatic rings. The number of amides is 1. The number of aromatic nitrogens is 1. The predicted octanol–water partition coefficient (Wildman–Crippen LogP) is 3.24. The number of carbonyl (C=O) groups excluding carboxylic acids is 1. The van der Waals surface area contributed by atoms with Gasteiger partial charge in [0.2, 0.25) is 5.91 Å². The van der Waals surface area contributed by atoms with Crippen molar-refractivity contribution < 1.29 is 9.90 Å². The van der Waals surface area contributed by atoms with Crippen LogP contribution in [0.1, 0.15) is 47.3 Å². The molecule has 25 heavy (non-hydrogen) atoms. The van der Waals surface area contributed by atoms with Gasteiger partial charge in [0, 0.05) is 30.3 Å². The Morgan fingerprint density at radius 3 is 3.12 bits per heavy atom. The molecule has 2 heterocycles. The van der Waals surface area contributed by atoms with Gasteiger partial charge in [0.1, 0.15) is 11.1 Å². The maximum Gasteiger partial charge on any atom is 0.225 e. The van der Waals surface area contributed by atoms with Crippen molar-refractivity contribution in [2.75, 3.05) is 11.9 Å². The number of thiophene rings is 1. The lowest BCUT2D eigenvalue weighted by molar-refractivity contribution is -0.116. The van der Waals surface area contributed by atoms with Crippen LogP contribution < -0.4 is 5.32 Å². The highest BCUT2D eigenvalue weighted by atomic mass is 32.1. The molecule has 2 aromatic heterocycles. The van der Waals surface area contributed by atoms with Crippen molar-refractivity contribution in [1.29, 1.82) is 5.26 Å². The number of hydrogen-bond donors (Lipinski definition) is 2. The van der Waals surface area contributed by atoms with E-state index in [2.05, 4.69) is 16.4 Å². The smallest absolute Gasteiger partial charge is 0.225 e. The summed E-state index contributed by atoms with van der Waals surface area (Å²) in [6, 6.07) is 6.08. The van der Waals surface area contributed by atoms with Crippen molar-refractivity contribution in [3.63, 3.8) is 0 Å². The van der Waals surface area contributed by atoms with E-state index < -0.39 is 0 Å². The van der Waals surface area contributed by atoms with E-state index in [0.29, 0.717) is 17.0 Å². The SMILES string of the molecule is CC(CC(=O)Nc1sc2c(c1C#N)CCC(CO)C2)c1cccnc1. The van der Waals surface area contributed by atoms with Crippen LogP contribution >= 0.6 is 11.3 Å². The minimum atomic E-state index is -0.0924. The molecule has 6 heteroatoms. The highest BCUT2D eigenvalue weighted by Gasteiger charge is 2.26. The van der Waals surface area contributed by atoms with E-state index in [1.807, 2.05) is 19.1 Å². The van der Waals surface area contributed by atoms with E-state index in [1.165, 1.54) is 11.3 Å². The highest BCUT2D eigenvalue weighted by molar-refractivity contribution is 7.16. The predicted molar refractivity (Wildman–Crippen MR) is 97.5 cm³/mol. The third-order valence-electron chi connectivity index (χ3n) is 4.74. The van der Waals surface area contributed by atoms with Crippen molar-refractivity contribution in [2.45, 2.75) is 38.5 Å². The van der Waals surface area contributed by atoms with Crippen molar-refractivity contribution >= 4 is 22.2 Å². The first-order chi connectivity index (χ1) is 12.1. The number of nitriles is 1. The fourth-order valence-electron chi connectivity index (χ4n) is 3.26. The fraction of sp³-hybridized carbons (Fsp3) is 0.421. The zero-order chi connectivity index (χ0) is 17.8. The summed E-state index contributed by atoms with van der Waals surface area (Å²) < 4.78 is 0. The quantitative estimate of drug-likeness (QED) is 0.862. The normalized spacial score (nSPS) is 17.4. The van der Waals surface area contributed by atoms with Crippen LogP contribution in [-0.4, -0.2) is 22.6 Å². The first-order valence-electron chi connectivity index (χ1n) is 8.47. The van der Waals surface area contributed by atoms with Crippen LogP contribution in [0.2, 0.25) is 0 Å². The Kier molecular flexibility index (Phi) is 5.47. The Bertz CT molecular complexity index is 795. The molecule has 0 aromatic carbocycles. The van der Waals surface area contributed by atoms with E-state index in [1.54, 1.807) is 12.4 Å². The van der Waals surface area contributed by atoms with Crippen LogP contribution in [0.15, 0.2) is 24.5 Å². The number of fused-ring (bicyclic) bond motifs is 1. The first kappa shape index (κ1) is 17.6. The Balaban J connectivity index is 1.71. The van der Waals surface area contributed by atoms with Crippen molar-refractivity contribution in [2.24, 2.45) is 5.92 Å². The molecule has 2 N–H and O–H groups in total. The summed E-state index contributed by atoms with van der Waals surface area (Å²) in [5.74, 6) is 0.226. The second-order valence-corrected chi connectivity index (χ2v) is 7.66. The molecular formula is C19H21N3O2S. The van der Waals surface area contributed by atoms with E-state index in [4.69, 9.17) is 0 Å². The van der Waals surface area contributed by atoms with E-state index >= 15 is 0 Å². The second-order valence-electron chi connectivity index (χ2n) is 6.55. The number of hydrogen-bond acceptors (Lipinski definition) is 5. The number of nitrogens with one attached hydrogen (secondary N) is 1.